The Hall–Kier alpha value is -2.16. The quantitative estimate of drug-likeness (QED) is 0.512. The number of alkyl halides is 3. The zero-order valence-corrected chi connectivity index (χ0v) is 17.1. The van der Waals surface area contributed by atoms with Gasteiger partial charge in [-0.1, -0.05) is 29.8 Å². The lowest BCUT2D eigenvalue weighted by Gasteiger charge is -2.17. The van der Waals surface area contributed by atoms with Crippen molar-refractivity contribution in [1.29, 1.82) is 0 Å². The van der Waals surface area contributed by atoms with E-state index in [2.05, 4.69) is 5.10 Å². The first-order valence-corrected chi connectivity index (χ1v) is 10.1. The number of Topliss-reactive ketones (excluding diaryl/α,β-unsaturated/α-hetero) is 1. The molecular formula is C20H19ClF3N3OS. The van der Waals surface area contributed by atoms with Gasteiger partial charge in [0.15, 0.2) is 5.78 Å². The minimum absolute atomic E-state index is 0.0460. The molecule has 0 saturated carbocycles. The lowest BCUT2D eigenvalue weighted by molar-refractivity contribution is -0.138. The van der Waals surface area contributed by atoms with E-state index in [1.54, 1.807) is 36.1 Å². The van der Waals surface area contributed by atoms with Crippen molar-refractivity contribution in [1.82, 2.24) is 9.78 Å². The van der Waals surface area contributed by atoms with Gasteiger partial charge in [0.1, 0.15) is 4.34 Å². The van der Waals surface area contributed by atoms with E-state index in [4.69, 9.17) is 17.3 Å². The lowest BCUT2D eigenvalue weighted by atomic mass is 9.91. The van der Waals surface area contributed by atoms with Crippen molar-refractivity contribution in [2.75, 3.05) is 6.54 Å². The van der Waals surface area contributed by atoms with E-state index >= 15 is 0 Å². The molecule has 0 radical (unpaired) electrons. The van der Waals surface area contributed by atoms with Crippen molar-refractivity contribution in [3.05, 3.63) is 62.9 Å². The normalized spacial score (nSPS) is 12.9. The van der Waals surface area contributed by atoms with E-state index in [0.717, 1.165) is 23.1 Å². The molecule has 4 nitrogen and oxygen atoms in total. The minimum atomic E-state index is -4.45. The molecule has 0 aliphatic heterocycles. The number of aryl methyl sites for hydroxylation is 1. The number of carbonyl (C=O) groups excluding carboxylic acids is 1. The first-order valence-electron chi connectivity index (χ1n) is 8.86. The number of benzene rings is 1. The molecule has 0 fully saturated rings. The monoisotopic (exact) mass is 441 g/mol. The third-order valence-corrected chi connectivity index (χ3v) is 6.10. The number of halogens is 4. The largest absolute Gasteiger partial charge is 0.416 e. The Labute approximate surface area is 175 Å². The van der Waals surface area contributed by atoms with Crippen LogP contribution in [0.15, 0.2) is 42.6 Å². The molecule has 3 aromatic rings. The molecule has 0 saturated heterocycles. The molecule has 0 aliphatic rings. The van der Waals surface area contributed by atoms with Crippen molar-refractivity contribution in [3.63, 3.8) is 0 Å². The van der Waals surface area contributed by atoms with Crippen LogP contribution in [0.4, 0.5) is 13.2 Å². The maximum atomic E-state index is 13.2. The van der Waals surface area contributed by atoms with E-state index in [0.29, 0.717) is 14.8 Å². The SMILES string of the molecule is Cn1nccc1-c1cc(C(=O)C[C@H](CN)Cc2ccccc2C(F)(F)F)sc1Cl. The number of nitrogens with zero attached hydrogens (tertiary/aromatic N) is 2. The first-order chi connectivity index (χ1) is 13.7. The van der Waals surface area contributed by atoms with Crippen LogP contribution in [-0.4, -0.2) is 22.1 Å². The number of rotatable bonds is 7. The first kappa shape index (κ1) is 21.5. The van der Waals surface area contributed by atoms with Crippen molar-refractivity contribution in [2.45, 2.75) is 19.0 Å². The predicted octanol–water partition coefficient (Wildman–Crippen LogP) is 5.21. The summed E-state index contributed by atoms with van der Waals surface area (Å²) < 4.78 is 41.8. The summed E-state index contributed by atoms with van der Waals surface area (Å²) in [5.74, 6) is -0.600. The van der Waals surface area contributed by atoms with Crippen LogP contribution < -0.4 is 5.73 Å². The highest BCUT2D eigenvalue weighted by molar-refractivity contribution is 7.18. The molecule has 2 heterocycles. The van der Waals surface area contributed by atoms with Crippen LogP contribution in [0.25, 0.3) is 11.3 Å². The van der Waals surface area contributed by atoms with Crippen LogP contribution in [0, 0.1) is 5.92 Å². The summed E-state index contributed by atoms with van der Waals surface area (Å²) in [4.78, 5) is 13.2. The molecule has 0 spiro atoms. The molecule has 0 aliphatic carbocycles. The Bertz CT molecular complexity index is 1010. The van der Waals surface area contributed by atoms with Gasteiger partial charge in [-0.2, -0.15) is 18.3 Å². The number of ketones is 1. The second kappa shape index (κ2) is 8.69. The molecule has 3 rings (SSSR count). The van der Waals surface area contributed by atoms with Crippen molar-refractivity contribution in [2.24, 2.45) is 18.7 Å². The number of carbonyl (C=O) groups is 1. The molecule has 1 aromatic carbocycles. The summed E-state index contributed by atoms with van der Waals surface area (Å²) in [6.07, 6.45) is -2.69. The van der Waals surface area contributed by atoms with Crippen LogP contribution in [0.1, 0.15) is 27.2 Å². The fourth-order valence-corrected chi connectivity index (χ4v) is 4.45. The Morgan fingerprint density at radius 3 is 2.66 bits per heavy atom. The fraction of sp³-hybridized carbons (Fsp3) is 0.300. The van der Waals surface area contributed by atoms with Crippen molar-refractivity contribution < 1.29 is 18.0 Å². The van der Waals surface area contributed by atoms with Gasteiger partial charge in [0.25, 0.3) is 0 Å². The highest BCUT2D eigenvalue weighted by Gasteiger charge is 2.33. The highest BCUT2D eigenvalue weighted by atomic mass is 35.5. The van der Waals surface area contributed by atoms with Gasteiger partial charge < -0.3 is 5.73 Å². The molecule has 2 N–H and O–H groups in total. The average Bonchev–Trinajstić information content (AvgIpc) is 3.25. The number of thiophene rings is 1. The highest BCUT2D eigenvalue weighted by Crippen LogP contribution is 2.37. The summed E-state index contributed by atoms with van der Waals surface area (Å²) in [5, 5.41) is 4.09. The molecular weight excluding hydrogens is 423 g/mol. The molecule has 29 heavy (non-hydrogen) atoms. The molecule has 2 aromatic heterocycles. The maximum absolute atomic E-state index is 13.2. The third kappa shape index (κ3) is 4.88. The van der Waals surface area contributed by atoms with Gasteiger partial charge in [0.05, 0.1) is 16.1 Å². The average molecular weight is 442 g/mol. The Morgan fingerprint density at radius 1 is 1.31 bits per heavy atom. The van der Waals surface area contributed by atoms with E-state index < -0.39 is 17.7 Å². The standard InChI is InChI=1S/C20H19ClF3N3OS/c1-27-16(6-7-26-27)14-10-18(29-19(14)21)17(28)9-12(11-25)8-13-4-2-3-5-15(13)20(22,23)24/h2-7,10,12H,8-9,11,25H2,1H3/t12-/m1/s1. The fourth-order valence-electron chi connectivity index (χ4n) is 3.21. The van der Waals surface area contributed by atoms with Crippen LogP contribution in [0.5, 0.6) is 0 Å². The zero-order valence-electron chi connectivity index (χ0n) is 15.5. The topological polar surface area (TPSA) is 60.9 Å². The van der Waals surface area contributed by atoms with E-state index in [-0.39, 0.29) is 30.7 Å². The molecule has 0 unspecified atom stereocenters. The summed E-state index contributed by atoms with van der Waals surface area (Å²) in [7, 11) is 1.77. The minimum Gasteiger partial charge on any atom is -0.330 e. The van der Waals surface area contributed by atoms with Crippen LogP contribution in [0.2, 0.25) is 4.34 Å². The number of hydrogen-bond acceptors (Lipinski definition) is 4. The Balaban J connectivity index is 1.77. The van der Waals surface area contributed by atoms with Crippen molar-refractivity contribution in [3.8, 4) is 11.3 Å². The van der Waals surface area contributed by atoms with Gasteiger partial charge in [-0.25, -0.2) is 0 Å². The molecule has 0 amide bonds. The van der Waals surface area contributed by atoms with Gasteiger partial charge in [-0.3, -0.25) is 9.48 Å². The summed E-state index contributed by atoms with van der Waals surface area (Å²) in [6, 6.07) is 8.87. The van der Waals surface area contributed by atoms with Crippen molar-refractivity contribution >= 4 is 28.7 Å². The zero-order chi connectivity index (χ0) is 21.2. The number of aromatic nitrogens is 2. The Morgan fingerprint density at radius 2 is 2.03 bits per heavy atom. The maximum Gasteiger partial charge on any atom is 0.416 e. The third-order valence-electron chi connectivity index (χ3n) is 4.70. The van der Waals surface area contributed by atoms with E-state index in [1.807, 2.05) is 0 Å². The summed E-state index contributed by atoms with van der Waals surface area (Å²) >= 11 is 7.45. The second-order valence-corrected chi connectivity index (χ2v) is 8.38. The number of nitrogens with two attached hydrogens (primary N) is 1. The second-order valence-electron chi connectivity index (χ2n) is 6.73. The molecule has 0 bridgehead atoms. The van der Waals surface area contributed by atoms with Crippen LogP contribution >= 0.6 is 22.9 Å². The summed E-state index contributed by atoms with van der Waals surface area (Å²) in [5.41, 5.74) is 6.70. The van der Waals surface area contributed by atoms with Gasteiger partial charge in [0.2, 0.25) is 0 Å². The molecule has 154 valence electrons. The van der Waals surface area contributed by atoms with Gasteiger partial charge in [-0.05, 0) is 42.6 Å². The lowest BCUT2D eigenvalue weighted by Crippen LogP contribution is -2.22. The predicted molar refractivity (Wildman–Crippen MR) is 108 cm³/mol. The number of hydrogen-bond donors (Lipinski definition) is 1. The van der Waals surface area contributed by atoms with E-state index in [9.17, 15) is 18.0 Å². The van der Waals surface area contributed by atoms with Gasteiger partial charge >= 0.3 is 6.18 Å². The summed E-state index contributed by atoms with van der Waals surface area (Å²) in [6.45, 7) is 0.103. The Kier molecular flexibility index (Phi) is 6.45. The van der Waals surface area contributed by atoms with Gasteiger partial charge in [0, 0.05) is 25.2 Å². The van der Waals surface area contributed by atoms with Gasteiger partial charge in [-0.15, -0.1) is 11.3 Å². The van der Waals surface area contributed by atoms with Crippen LogP contribution in [0.3, 0.4) is 0 Å². The molecule has 9 heteroatoms. The van der Waals surface area contributed by atoms with E-state index in [1.165, 1.54) is 12.1 Å². The van der Waals surface area contributed by atoms with Crippen LogP contribution in [-0.2, 0) is 19.6 Å². The molecule has 1 atom stereocenters. The smallest absolute Gasteiger partial charge is 0.330 e.